The normalized spacial score (nSPS) is 16.5. The molecule has 0 saturated carbocycles. The van der Waals surface area contributed by atoms with Crippen molar-refractivity contribution in [1.29, 1.82) is 0 Å². The minimum atomic E-state index is -0.101. The van der Waals surface area contributed by atoms with Crippen LogP contribution in [-0.2, 0) is 4.74 Å². The Bertz CT molecular complexity index is 674. The fourth-order valence-corrected chi connectivity index (χ4v) is 2.68. The van der Waals surface area contributed by atoms with Crippen LogP contribution in [0, 0.1) is 0 Å². The summed E-state index contributed by atoms with van der Waals surface area (Å²) in [6.45, 7) is 6.17. The minimum Gasteiger partial charge on any atom is -0.379 e. The molecule has 0 bridgehead atoms. The fraction of sp³-hybridized carbons (Fsp3) is 0.412. The van der Waals surface area contributed by atoms with E-state index >= 15 is 0 Å². The molecule has 0 aliphatic carbocycles. The summed E-state index contributed by atoms with van der Waals surface area (Å²) in [4.78, 5) is 27.0. The van der Waals surface area contributed by atoms with Crippen molar-refractivity contribution < 1.29 is 9.53 Å². The van der Waals surface area contributed by atoms with Gasteiger partial charge in [0.15, 0.2) is 0 Å². The molecule has 1 fully saturated rings. The third kappa shape index (κ3) is 4.33. The molecule has 3 heterocycles. The van der Waals surface area contributed by atoms with Crippen LogP contribution in [0.5, 0.6) is 0 Å². The molecule has 0 aromatic carbocycles. The molecule has 1 N–H and O–H groups in total. The van der Waals surface area contributed by atoms with Gasteiger partial charge in [0.2, 0.25) is 0 Å². The Kier molecular flexibility index (Phi) is 5.45. The second kappa shape index (κ2) is 7.94. The molecule has 1 aliphatic heterocycles. The van der Waals surface area contributed by atoms with Crippen molar-refractivity contribution in [2.75, 3.05) is 32.8 Å². The van der Waals surface area contributed by atoms with Crippen LogP contribution in [-0.4, -0.2) is 64.6 Å². The van der Waals surface area contributed by atoms with E-state index in [0.29, 0.717) is 11.3 Å². The number of nitrogens with one attached hydrogen (secondary N) is 1. The van der Waals surface area contributed by atoms with E-state index in [4.69, 9.17) is 4.74 Å². The quantitative estimate of drug-likeness (QED) is 0.882. The van der Waals surface area contributed by atoms with E-state index in [1.54, 1.807) is 30.7 Å². The molecule has 0 spiro atoms. The van der Waals surface area contributed by atoms with Gasteiger partial charge in [0.05, 0.1) is 18.9 Å². The van der Waals surface area contributed by atoms with Crippen molar-refractivity contribution in [2.45, 2.75) is 13.0 Å². The molecule has 1 amide bonds. The summed E-state index contributed by atoms with van der Waals surface area (Å²) < 4.78 is 5.34. The minimum absolute atomic E-state index is 0.0623. The lowest BCUT2D eigenvalue weighted by atomic mass is 10.1. The van der Waals surface area contributed by atoms with Crippen LogP contribution in [0.3, 0.4) is 0 Å². The van der Waals surface area contributed by atoms with Crippen LogP contribution in [0.4, 0.5) is 0 Å². The number of rotatable bonds is 5. The molecule has 7 nitrogen and oxygen atoms in total. The summed E-state index contributed by atoms with van der Waals surface area (Å²) in [6.07, 6.45) is 6.45. The summed E-state index contributed by atoms with van der Waals surface area (Å²) in [5.41, 5.74) is 2.05. The summed E-state index contributed by atoms with van der Waals surface area (Å²) >= 11 is 0. The van der Waals surface area contributed by atoms with Gasteiger partial charge in [0.1, 0.15) is 6.33 Å². The first-order chi connectivity index (χ1) is 11.7. The molecule has 2 aromatic heterocycles. The van der Waals surface area contributed by atoms with Crippen LogP contribution in [0.15, 0.2) is 37.1 Å². The monoisotopic (exact) mass is 327 g/mol. The summed E-state index contributed by atoms with van der Waals surface area (Å²) in [5, 5.41) is 3.04. The predicted octanol–water partition coefficient (Wildman–Crippen LogP) is 0.989. The number of amides is 1. The van der Waals surface area contributed by atoms with Gasteiger partial charge < -0.3 is 10.1 Å². The summed E-state index contributed by atoms with van der Waals surface area (Å²) in [6, 6.07) is 3.53. The van der Waals surface area contributed by atoms with Gasteiger partial charge in [-0.1, -0.05) is 0 Å². The van der Waals surface area contributed by atoms with E-state index in [0.717, 1.165) is 38.4 Å². The van der Waals surface area contributed by atoms with E-state index in [1.165, 1.54) is 6.33 Å². The van der Waals surface area contributed by atoms with Crippen LogP contribution in [0.25, 0.3) is 11.3 Å². The smallest absolute Gasteiger partial charge is 0.251 e. The van der Waals surface area contributed by atoms with Gasteiger partial charge in [-0.3, -0.25) is 14.7 Å². The molecule has 126 valence electrons. The fourth-order valence-electron chi connectivity index (χ4n) is 2.68. The molecule has 1 atom stereocenters. The highest BCUT2D eigenvalue weighted by Gasteiger charge is 2.16. The van der Waals surface area contributed by atoms with Gasteiger partial charge >= 0.3 is 0 Å². The van der Waals surface area contributed by atoms with Gasteiger partial charge in [-0.05, 0) is 19.1 Å². The molecule has 0 unspecified atom stereocenters. The topological polar surface area (TPSA) is 80.2 Å². The zero-order chi connectivity index (χ0) is 16.8. The number of hydrogen-bond donors (Lipinski definition) is 1. The number of hydrogen-bond acceptors (Lipinski definition) is 6. The first kappa shape index (κ1) is 16.5. The molecule has 3 rings (SSSR count). The van der Waals surface area contributed by atoms with Crippen molar-refractivity contribution in [3.63, 3.8) is 0 Å². The number of carbonyl (C=O) groups excluding carboxylic acids is 1. The predicted molar refractivity (Wildman–Crippen MR) is 89.5 cm³/mol. The number of pyridine rings is 1. The number of aromatic nitrogens is 3. The van der Waals surface area contributed by atoms with Gasteiger partial charge in [-0.25, -0.2) is 9.97 Å². The largest absolute Gasteiger partial charge is 0.379 e. The lowest BCUT2D eigenvalue weighted by Gasteiger charge is -2.29. The summed E-state index contributed by atoms with van der Waals surface area (Å²) in [5.74, 6) is -0.101. The Morgan fingerprint density at radius 1 is 1.33 bits per heavy atom. The summed E-state index contributed by atoms with van der Waals surface area (Å²) in [7, 11) is 0. The Balaban J connectivity index is 1.62. The van der Waals surface area contributed by atoms with Crippen LogP contribution in [0.2, 0.25) is 0 Å². The van der Waals surface area contributed by atoms with Gasteiger partial charge in [0, 0.05) is 55.4 Å². The standard InChI is InChI=1S/C17H21N5O2/c1-13(11-22-4-6-24-7-5-22)21-17(23)14-2-3-20-16(8-14)15-9-18-12-19-10-15/h2-3,8-10,12-13H,4-7,11H2,1H3,(H,21,23)/t13-/m0/s1. The second-order valence-corrected chi connectivity index (χ2v) is 5.84. The Labute approximate surface area is 141 Å². The van der Waals surface area contributed by atoms with Gasteiger partial charge in [-0.2, -0.15) is 0 Å². The van der Waals surface area contributed by atoms with Crippen LogP contribution in [0.1, 0.15) is 17.3 Å². The van der Waals surface area contributed by atoms with Crippen LogP contribution < -0.4 is 5.32 Å². The maximum absolute atomic E-state index is 12.5. The average molecular weight is 327 g/mol. The molecule has 2 aromatic rings. The van der Waals surface area contributed by atoms with Crippen molar-refractivity contribution >= 4 is 5.91 Å². The van der Waals surface area contributed by atoms with E-state index in [2.05, 4.69) is 25.2 Å². The van der Waals surface area contributed by atoms with Crippen molar-refractivity contribution in [2.24, 2.45) is 0 Å². The molecular weight excluding hydrogens is 306 g/mol. The molecule has 1 aliphatic rings. The maximum Gasteiger partial charge on any atom is 0.251 e. The van der Waals surface area contributed by atoms with Crippen LogP contribution >= 0.6 is 0 Å². The zero-order valence-electron chi connectivity index (χ0n) is 13.7. The van der Waals surface area contributed by atoms with Gasteiger partial charge in [0.25, 0.3) is 5.91 Å². The zero-order valence-corrected chi connectivity index (χ0v) is 13.7. The highest BCUT2D eigenvalue weighted by atomic mass is 16.5. The highest BCUT2D eigenvalue weighted by molar-refractivity contribution is 5.95. The third-order valence-electron chi connectivity index (χ3n) is 3.89. The average Bonchev–Trinajstić information content (AvgIpc) is 2.63. The second-order valence-electron chi connectivity index (χ2n) is 5.84. The SMILES string of the molecule is C[C@@H](CN1CCOCC1)NC(=O)c1ccnc(-c2cncnc2)c1. The number of morpholine rings is 1. The van der Waals surface area contributed by atoms with Crippen molar-refractivity contribution in [3.05, 3.63) is 42.6 Å². The third-order valence-corrected chi connectivity index (χ3v) is 3.89. The lowest BCUT2D eigenvalue weighted by Crippen LogP contribution is -2.46. The molecule has 24 heavy (non-hydrogen) atoms. The Hall–Kier alpha value is -2.38. The maximum atomic E-state index is 12.5. The number of carbonyl (C=O) groups is 1. The molecule has 0 radical (unpaired) electrons. The van der Waals surface area contributed by atoms with Crippen molar-refractivity contribution in [3.8, 4) is 11.3 Å². The van der Waals surface area contributed by atoms with E-state index < -0.39 is 0 Å². The Morgan fingerprint density at radius 3 is 2.83 bits per heavy atom. The molecule has 7 heteroatoms. The highest BCUT2D eigenvalue weighted by Crippen LogP contribution is 2.15. The first-order valence-electron chi connectivity index (χ1n) is 8.05. The van der Waals surface area contributed by atoms with E-state index in [9.17, 15) is 4.79 Å². The molecule has 1 saturated heterocycles. The Morgan fingerprint density at radius 2 is 2.08 bits per heavy atom. The van der Waals surface area contributed by atoms with E-state index in [-0.39, 0.29) is 11.9 Å². The number of ether oxygens (including phenoxy) is 1. The van der Waals surface area contributed by atoms with E-state index in [1.807, 2.05) is 6.92 Å². The molecular formula is C17H21N5O2. The lowest BCUT2D eigenvalue weighted by molar-refractivity contribution is 0.0342. The van der Waals surface area contributed by atoms with Crippen molar-refractivity contribution in [1.82, 2.24) is 25.2 Å². The number of nitrogens with zero attached hydrogens (tertiary/aromatic N) is 4. The first-order valence-corrected chi connectivity index (χ1v) is 8.05. The van der Waals surface area contributed by atoms with Gasteiger partial charge in [-0.15, -0.1) is 0 Å².